The van der Waals surface area contributed by atoms with E-state index in [1.807, 2.05) is 0 Å². The number of amides is 2. The van der Waals surface area contributed by atoms with Crippen LogP contribution in [-0.4, -0.2) is 25.1 Å². The van der Waals surface area contributed by atoms with Crippen molar-refractivity contribution in [3.63, 3.8) is 0 Å². The smallest absolute Gasteiger partial charge is 0.273 e. The number of halogens is 2. The number of carbonyl (C=O) groups is 2. The van der Waals surface area contributed by atoms with Crippen molar-refractivity contribution in [1.29, 1.82) is 0 Å². The van der Waals surface area contributed by atoms with Gasteiger partial charge in [-0.1, -0.05) is 41.4 Å². The van der Waals surface area contributed by atoms with Gasteiger partial charge < -0.3 is 10.1 Å². The van der Waals surface area contributed by atoms with Crippen molar-refractivity contribution in [2.24, 2.45) is 5.10 Å². The minimum atomic E-state index is -0.484. The molecule has 3 rings (SSSR count). The zero-order valence-electron chi connectivity index (χ0n) is 15.9. The Hall–Kier alpha value is -3.35. The second-order valence-corrected chi connectivity index (χ2v) is 6.94. The summed E-state index contributed by atoms with van der Waals surface area (Å²) in [4.78, 5) is 25.1. The van der Waals surface area contributed by atoms with Gasteiger partial charge in [0.15, 0.2) is 0 Å². The average Bonchev–Trinajstić information content (AvgIpc) is 2.75. The number of ether oxygens (including phenoxy) is 1. The van der Waals surface area contributed by atoms with Crippen LogP contribution in [0.1, 0.15) is 26.3 Å². The predicted octanol–water partition coefficient (Wildman–Crippen LogP) is 5.02. The quantitative estimate of drug-likeness (QED) is 0.416. The fourth-order valence-electron chi connectivity index (χ4n) is 2.55. The zero-order valence-corrected chi connectivity index (χ0v) is 17.4. The molecule has 0 aliphatic heterocycles. The van der Waals surface area contributed by atoms with E-state index in [1.165, 1.54) is 6.21 Å². The molecule has 0 unspecified atom stereocenters. The molecule has 0 aliphatic rings. The summed E-state index contributed by atoms with van der Waals surface area (Å²) in [7, 11) is 1.55. The lowest BCUT2D eigenvalue weighted by Gasteiger charge is -2.10. The molecule has 6 nitrogen and oxygen atoms in total. The molecule has 0 heterocycles. The van der Waals surface area contributed by atoms with Crippen LogP contribution in [0.3, 0.4) is 0 Å². The van der Waals surface area contributed by atoms with Crippen LogP contribution in [0.2, 0.25) is 10.0 Å². The number of anilines is 1. The van der Waals surface area contributed by atoms with Crippen molar-refractivity contribution in [2.45, 2.75) is 0 Å². The van der Waals surface area contributed by atoms with Crippen LogP contribution in [0.4, 0.5) is 5.69 Å². The maximum atomic E-state index is 12.5. The predicted molar refractivity (Wildman–Crippen MR) is 119 cm³/mol. The van der Waals surface area contributed by atoms with Gasteiger partial charge in [-0.3, -0.25) is 9.59 Å². The number of carbonyl (C=O) groups excluding carboxylic acids is 2. The molecule has 0 bridgehead atoms. The maximum absolute atomic E-state index is 12.5. The second-order valence-electron chi connectivity index (χ2n) is 6.09. The van der Waals surface area contributed by atoms with E-state index >= 15 is 0 Å². The topological polar surface area (TPSA) is 79.8 Å². The van der Waals surface area contributed by atoms with Crippen LogP contribution in [0.25, 0.3) is 0 Å². The Kier molecular flexibility index (Phi) is 7.06. The molecule has 0 saturated carbocycles. The van der Waals surface area contributed by atoms with E-state index in [4.69, 9.17) is 27.9 Å². The molecule has 2 N–H and O–H groups in total. The van der Waals surface area contributed by atoms with Gasteiger partial charge in [-0.2, -0.15) is 5.10 Å². The van der Waals surface area contributed by atoms with E-state index in [9.17, 15) is 9.59 Å². The lowest BCUT2D eigenvalue weighted by molar-refractivity contribution is 0.0956. The van der Waals surface area contributed by atoms with Gasteiger partial charge in [0.2, 0.25) is 0 Å². The molecule has 0 fully saturated rings. The third-order valence-electron chi connectivity index (χ3n) is 4.10. The first-order valence-corrected chi connectivity index (χ1v) is 9.56. The highest BCUT2D eigenvalue weighted by Crippen LogP contribution is 2.20. The van der Waals surface area contributed by atoms with Crippen LogP contribution < -0.4 is 15.5 Å². The highest BCUT2D eigenvalue weighted by molar-refractivity contribution is 6.36. The fraction of sp³-hybridized carbons (Fsp3) is 0.0455. The molecule has 30 heavy (non-hydrogen) atoms. The van der Waals surface area contributed by atoms with Crippen molar-refractivity contribution in [3.05, 3.63) is 93.5 Å². The second kappa shape index (κ2) is 9.91. The van der Waals surface area contributed by atoms with Crippen LogP contribution in [0, 0.1) is 0 Å². The summed E-state index contributed by atoms with van der Waals surface area (Å²) in [5.41, 5.74) is 4.08. The summed E-state index contributed by atoms with van der Waals surface area (Å²) in [5.74, 6) is -0.193. The van der Waals surface area contributed by atoms with Gasteiger partial charge in [0.1, 0.15) is 5.75 Å². The van der Waals surface area contributed by atoms with E-state index in [0.29, 0.717) is 32.6 Å². The molecule has 152 valence electrons. The Morgan fingerprint density at radius 3 is 2.40 bits per heavy atom. The van der Waals surface area contributed by atoms with Crippen LogP contribution in [-0.2, 0) is 0 Å². The first kappa shape index (κ1) is 21.4. The van der Waals surface area contributed by atoms with E-state index in [0.717, 1.165) is 0 Å². The van der Waals surface area contributed by atoms with E-state index in [2.05, 4.69) is 15.8 Å². The monoisotopic (exact) mass is 441 g/mol. The van der Waals surface area contributed by atoms with Gasteiger partial charge in [0, 0.05) is 16.1 Å². The fourth-order valence-corrected chi connectivity index (χ4v) is 3.01. The Morgan fingerprint density at radius 2 is 1.70 bits per heavy atom. The van der Waals surface area contributed by atoms with Crippen molar-refractivity contribution < 1.29 is 14.3 Å². The lowest BCUT2D eigenvalue weighted by Crippen LogP contribution is -2.21. The number of methoxy groups -OCH3 is 1. The number of hydrogen-bond donors (Lipinski definition) is 2. The number of nitrogens with one attached hydrogen (secondary N) is 2. The van der Waals surface area contributed by atoms with E-state index < -0.39 is 5.91 Å². The summed E-state index contributed by atoms with van der Waals surface area (Å²) >= 11 is 11.9. The van der Waals surface area contributed by atoms with Crippen molar-refractivity contribution >= 4 is 46.9 Å². The van der Waals surface area contributed by atoms with E-state index in [1.54, 1.807) is 73.8 Å². The molecule has 8 heteroatoms. The minimum absolute atomic E-state index is 0.263. The first-order chi connectivity index (χ1) is 14.5. The Bertz CT molecular complexity index is 1100. The van der Waals surface area contributed by atoms with Gasteiger partial charge >= 0.3 is 0 Å². The molecule has 0 saturated heterocycles. The number of rotatable bonds is 6. The summed E-state index contributed by atoms with van der Waals surface area (Å²) in [6, 6.07) is 18.2. The van der Waals surface area contributed by atoms with E-state index in [-0.39, 0.29) is 11.5 Å². The number of nitrogens with zero attached hydrogens (tertiary/aromatic N) is 1. The summed E-state index contributed by atoms with van der Waals surface area (Å²) in [6.45, 7) is 0. The normalized spacial score (nSPS) is 10.6. The molecule has 0 aromatic heterocycles. The highest BCUT2D eigenvalue weighted by Gasteiger charge is 2.14. The van der Waals surface area contributed by atoms with Crippen LogP contribution in [0.15, 0.2) is 71.8 Å². The van der Waals surface area contributed by atoms with Crippen LogP contribution >= 0.6 is 23.2 Å². The van der Waals surface area contributed by atoms with Gasteiger partial charge in [0.05, 0.1) is 29.6 Å². The number of hydrogen-bond acceptors (Lipinski definition) is 4. The molecule has 0 radical (unpaired) electrons. The largest absolute Gasteiger partial charge is 0.497 e. The summed E-state index contributed by atoms with van der Waals surface area (Å²) in [5, 5.41) is 7.58. The molecule has 2 amide bonds. The number of hydrazone groups is 1. The molecular weight excluding hydrogens is 425 g/mol. The Morgan fingerprint density at radius 1 is 0.967 bits per heavy atom. The molecule has 0 aliphatic carbocycles. The zero-order chi connectivity index (χ0) is 21.5. The molecular formula is C22H17Cl2N3O3. The van der Waals surface area contributed by atoms with Gasteiger partial charge in [-0.05, 0) is 48.5 Å². The van der Waals surface area contributed by atoms with Gasteiger partial charge in [-0.25, -0.2) is 5.43 Å². The van der Waals surface area contributed by atoms with Crippen LogP contribution in [0.5, 0.6) is 5.75 Å². The van der Waals surface area contributed by atoms with Crippen molar-refractivity contribution in [1.82, 2.24) is 5.43 Å². The first-order valence-electron chi connectivity index (χ1n) is 8.81. The highest BCUT2D eigenvalue weighted by atomic mass is 35.5. The minimum Gasteiger partial charge on any atom is -0.497 e. The molecule has 0 atom stereocenters. The van der Waals surface area contributed by atoms with Crippen molar-refractivity contribution in [2.75, 3.05) is 12.4 Å². The molecule has 0 spiro atoms. The maximum Gasteiger partial charge on any atom is 0.273 e. The SMILES string of the molecule is COc1ccc(C(=O)Nc2ccccc2C(=O)N/N=C/c2ccc(Cl)cc2Cl)cc1. The van der Waals surface area contributed by atoms with Gasteiger partial charge in [-0.15, -0.1) is 0 Å². The third kappa shape index (κ3) is 5.37. The standard InChI is InChI=1S/C22H17Cl2N3O3/c1-30-17-10-7-14(8-11-17)21(28)26-20-5-3-2-4-18(20)22(29)27-25-13-15-6-9-16(23)12-19(15)24/h2-13H,1H3,(H,26,28)(H,27,29)/b25-13+. The lowest BCUT2D eigenvalue weighted by atomic mass is 10.1. The van der Waals surface area contributed by atoms with Gasteiger partial charge in [0.25, 0.3) is 11.8 Å². The summed E-state index contributed by atoms with van der Waals surface area (Å²) < 4.78 is 5.09. The summed E-state index contributed by atoms with van der Waals surface area (Å²) in [6.07, 6.45) is 1.41. The third-order valence-corrected chi connectivity index (χ3v) is 4.67. The molecule has 3 aromatic rings. The number of benzene rings is 3. The Balaban J connectivity index is 1.71. The average molecular weight is 442 g/mol. The van der Waals surface area contributed by atoms with Crippen molar-refractivity contribution in [3.8, 4) is 5.75 Å². The molecule has 3 aromatic carbocycles. The Labute approximate surface area is 183 Å². The number of para-hydroxylation sites is 1.